The van der Waals surface area contributed by atoms with Crippen molar-refractivity contribution < 1.29 is 41.7 Å². The maximum atomic E-state index is 3.10. The van der Waals surface area contributed by atoms with E-state index in [2.05, 4.69) is 36.5 Å². The van der Waals surface area contributed by atoms with E-state index in [-0.39, 0.29) is 41.7 Å². The second-order valence-corrected chi connectivity index (χ2v) is 3.90. The minimum Gasteiger partial charge on any atom is -0.501 e. The van der Waals surface area contributed by atoms with Gasteiger partial charge in [-0.25, -0.2) is 0 Å². The van der Waals surface area contributed by atoms with E-state index in [0.29, 0.717) is 0 Å². The molecular formula is C15H21Ce. The second-order valence-electron chi connectivity index (χ2n) is 3.90. The van der Waals surface area contributed by atoms with Crippen LogP contribution >= 0.6 is 0 Å². The minimum absolute atomic E-state index is 0. The topological polar surface area (TPSA) is 0 Å². The van der Waals surface area contributed by atoms with Crippen molar-refractivity contribution in [3.05, 3.63) is 36.5 Å². The first-order valence-corrected chi connectivity index (χ1v) is 6.15. The molecule has 0 aromatic rings. The van der Waals surface area contributed by atoms with Crippen molar-refractivity contribution >= 4 is 0 Å². The van der Waals surface area contributed by atoms with Crippen molar-refractivity contribution in [3.8, 4) is 0 Å². The number of rotatable bonds is 0. The summed E-state index contributed by atoms with van der Waals surface area (Å²) in [6, 6.07) is 0. The van der Waals surface area contributed by atoms with E-state index in [9.17, 15) is 0 Å². The fourth-order valence-corrected chi connectivity index (χ4v) is 1.53. The molecule has 0 atom stereocenters. The molecule has 0 nitrogen and oxygen atoms in total. The Labute approximate surface area is 135 Å². The Kier molecular flexibility index (Phi) is 14.2. The fourth-order valence-electron chi connectivity index (χ4n) is 1.53. The van der Waals surface area contributed by atoms with Gasteiger partial charge in [0.05, 0.1) is 0 Å². The molecular weight excluding hydrogens is 320 g/mol. The summed E-state index contributed by atoms with van der Waals surface area (Å²) in [6.07, 6.45) is 27.0. The first-order chi connectivity index (χ1) is 7.50. The summed E-state index contributed by atoms with van der Waals surface area (Å²) in [6.45, 7) is 0. The van der Waals surface area contributed by atoms with Crippen molar-refractivity contribution in [2.45, 2.75) is 57.8 Å². The van der Waals surface area contributed by atoms with Crippen LogP contribution in [-0.4, -0.2) is 0 Å². The Morgan fingerprint density at radius 2 is 0.875 bits per heavy atom. The SMILES string of the molecule is [C-]1=CCCC1.[C-]1=CCCC1.[C-]1=CCCC1.[Ce+3]. The largest absolute Gasteiger partial charge is 3.00 e. The van der Waals surface area contributed by atoms with Crippen LogP contribution in [0.15, 0.2) is 18.2 Å². The average Bonchev–Trinajstić information content (AvgIpc) is 3.09. The third-order valence-electron chi connectivity index (χ3n) is 2.44. The molecule has 1 radical (unpaired) electrons. The van der Waals surface area contributed by atoms with Gasteiger partial charge in [-0.15, -0.1) is 0 Å². The summed E-state index contributed by atoms with van der Waals surface area (Å²) >= 11 is 0. The van der Waals surface area contributed by atoms with Crippen molar-refractivity contribution in [1.82, 2.24) is 0 Å². The van der Waals surface area contributed by atoms with Crippen LogP contribution in [0.1, 0.15) is 57.8 Å². The van der Waals surface area contributed by atoms with E-state index in [0.717, 1.165) is 0 Å². The van der Waals surface area contributed by atoms with Crippen molar-refractivity contribution in [2.24, 2.45) is 0 Å². The zero-order chi connectivity index (χ0) is 10.6. The summed E-state index contributed by atoms with van der Waals surface area (Å²) in [4.78, 5) is 0. The Balaban J connectivity index is 0.000000205. The summed E-state index contributed by atoms with van der Waals surface area (Å²) in [7, 11) is 0. The number of hydrogen-bond acceptors (Lipinski definition) is 0. The van der Waals surface area contributed by atoms with Crippen molar-refractivity contribution in [1.29, 1.82) is 0 Å². The summed E-state index contributed by atoms with van der Waals surface area (Å²) in [5.74, 6) is 0. The van der Waals surface area contributed by atoms with E-state index >= 15 is 0 Å². The molecule has 0 saturated carbocycles. The van der Waals surface area contributed by atoms with E-state index in [1.54, 1.807) is 0 Å². The zero-order valence-corrected chi connectivity index (χ0v) is 13.2. The number of hydrogen-bond donors (Lipinski definition) is 0. The molecule has 0 aliphatic heterocycles. The van der Waals surface area contributed by atoms with E-state index in [1.165, 1.54) is 57.8 Å². The van der Waals surface area contributed by atoms with Gasteiger partial charge in [0.25, 0.3) is 0 Å². The molecule has 85 valence electrons. The third kappa shape index (κ3) is 11.1. The van der Waals surface area contributed by atoms with Gasteiger partial charge in [-0.1, -0.05) is 38.5 Å². The van der Waals surface area contributed by atoms with Crippen LogP contribution in [0, 0.1) is 60.0 Å². The Morgan fingerprint density at radius 3 is 0.938 bits per heavy atom. The fraction of sp³-hybridized carbons (Fsp3) is 0.600. The van der Waals surface area contributed by atoms with Gasteiger partial charge < -0.3 is 18.2 Å². The van der Waals surface area contributed by atoms with Crippen LogP contribution < -0.4 is 0 Å². The summed E-state index contributed by atoms with van der Waals surface area (Å²) < 4.78 is 0. The van der Waals surface area contributed by atoms with Gasteiger partial charge in [0, 0.05) is 0 Å². The molecule has 0 amide bonds. The smallest absolute Gasteiger partial charge is 0.501 e. The molecule has 0 heterocycles. The molecule has 3 aliphatic carbocycles. The molecule has 0 aromatic carbocycles. The maximum absolute atomic E-state index is 3.10. The van der Waals surface area contributed by atoms with Gasteiger partial charge in [-0.2, -0.15) is 19.3 Å². The second kappa shape index (κ2) is 13.7. The summed E-state index contributed by atoms with van der Waals surface area (Å²) in [5.41, 5.74) is 0. The van der Waals surface area contributed by atoms with Gasteiger partial charge in [0.1, 0.15) is 0 Å². The standard InChI is InChI=1S/3C5H7.Ce/c3*1-2-4-5-3-1;/h3*1H,2,4-5H2;/q3*-1;+3. The van der Waals surface area contributed by atoms with Crippen LogP contribution in [-0.2, 0) is 0 Å². The maximum Gasteiger partial charge on any atom is 3.00 e. The van der Waals surface area contributed by atoms with Gasteiger partial charge in [-0.05, 0) is 0 Å². The molecule has 0 N–H and O–H groups in total. The molecule has 0 aromatic heterocycles. The Bertz CT molecular complexity index is 157. The monoisotopic (exact) mass is 341 g/mol. The predicted octanol–water partition coefficient (Wildman–Crippen LogP) is 4.59. The molecule has 0 bridgehead atoms. The molecule has 0 unspecified atom stereocenters. The normalized spacial score (nSPS) is 19.5. The molecule has 0 fully saturated rings. The van der Waals surface area contributed by atoms with E-state index in [1.807, 2.05) is 0 Å². The van der Waals surface area contributed by atoms with Gasteiger partial charge in [0.2, 0.25) is 0 Å². The molecule has 3 aliphatic rings. The van der Waals surface area contributed by atoms with E-state index in [4.69, 9.17) is 0 Å². The van der Waals surface area contributed by atoms with Crippen LogP contribution in [0.4, 0.5) is 0 Å². The zero-order valence-electron chi connectivity index (χ0n) is 10.1. The Hall–Kier alpha value is 0.597. The van der Waals surface area contributed by atoms with Crippen LogP contribution in [0.5, 0.6) is 0 Å². The molecule has 0 spiro atoms. The molecule has 16 heavy (non-hydrogen) atoms. The summed E-state index contributed by atoms with van der Waals surface area (Å²) in [5, 5.41) is 0. The third-order valence-corrected chi connectivity index (χ3v) is 2.44. The van der Waals surface area contributed by atoms with Crippen LogP contribution in [0.25, 0.3) is 0 Å². The predicted molar refractivity (Wildman–Crippen MR) is 65.0 cm³/mol. The van der Waals surface area contributed by atoms with Crippen molar-refractivity contribution in [3.63, 3.8) is 0 Å². The molecule has 1 heteroatoms. The average molecular weight is 341 g/mol. The van der Waals surface area contributed by atoms with Crippen LogP contribution in [0.3, 0.4) is 0 Å². The Morgan fingerprint density at radius 1 is 0.562 bits per heavy atom. The van der Waals surface area contributed by atoms with Crippen LogP contribution in [0.2, 0.25) is 0 Å². The minimum atomic E-state index is 0. The van der Waals surface area contributed by atoms with Crippen molar-refractivity contribution in [2.75, 3.05) is 0 Å². The quantitative estimate of drug-likeness (QED) is 0.565. The van der Waals surface area contributed by atoms with Gasteiger partial charge >= 0.3 is 41.7 Å². The van der Waals surface area contributed by atoms with Gasteiger partial charge in [-0.3, -0.25) is 18.2 Å². The number of allylic oxidation sites excluding steroid dienone is 6. The first kappa shape index (κ1) is 16.6. The molecule has 0 saturated heterocycles. The molecule has 3 rings (SSSR count). The first-order valence-electron chi connectivity index (χ1n) is 6.15. The van der Waals surface area contributed by atoms with E-state index < -0.39 is 0 Å². The van der Waals surface area contributed by atoms with Gasteiger partial charge in [0.15, 0.2) is 0 Å².